The Morgan fingerprint density at radius 3 is 2.36 bits per heavy atom. The summed E-state index contributed by atoms with van der Waals surface area (Å²) in [5, 5.41) is 0. The molecule has 6 nitrogen and oxygen atoms in total. The molecule has 0 spiro atoms. The lowest BCUT2D eigenvalue weighted by atomic mass is 9.87. The van der Waals surface area contributed by atoms with Gasteiger partial charge in [0.05, 0.1) is 17.1 Å². The standard InChI is InChI=1S/C21H26N2O4S/c1-14-13-23(15(2)24)19-12-18(10-11-20(19)27-14)28(25,26)22-17-8-6-16(7-9-17)21(3,4)5/h6-12,14,22H,13H2,1-5H3. The highest BCUT2D eigenvalue weighted by atomic mass is 32.2. The van der Waals surface area contributed by atoms with E-state index in [9.17, 15) is 13.2 Å². The number of rotatable bonds is 3. The zero-order valence-corrected chi connectivity index (χ0v) is 17.6. The number of benzene rings is 2. The fourth-order valence-electron chi connectivity index (χ4n) is 3.13. The van der Waals surface area contributed by atoms with E-state index in [2.05, 4.69) is 25.5 Å². The second kappa shape index (κ2) is 7.13. The molecule has 0 radical (unpaired) electrons. The summed E-state index contributed by atoms with van der Waals surface area (Å²) >= 11 is 0. The average Bonchev–Trinajstić information content (AvgIpc) is 2.59. The third kappa shape index (κ3) is 4.14. The van der Waals surface area contributed by atoms with Crippen molar-refractivity contribution in [3.05, 3.63) is 48.0 Å². The first-order chi connectivity index (χ1) is 13.0. The van der Waals surface area contributed by atoms with Crippen LogP contribution in [0.25, 0.3) is 0 Å². The Kier molecular flexibility index (Phi) is 5.14. The summed E-state index contributed by atoms with van der Waals surface area (Å²) in [6.07, 6.45) is -0.154. The molecule has 1 unspecified atom stereocenters. The summed E-state index contributed by atoms with van der Waals surface area (Å²) in [5.74, 6) is 0.346. The normalized spacial score (nSPS) is 16.9. The highest BCUT2D eigenvalue weighted by Crippen LogP contribution is 2.36. The molecule has 0 bridgehead atoms. The SMILES string of the molecule is CC(=O)N1CC(C)Oc2ccc(S(=O)(=O)Nc3ccc(C(C)(C)C)cc3)cc21. The summed E-state index contributed by atoms with van der Waals surface area (Å²) in [4.78, 5) is 13.6. The molecule has 0 saturated carbocycles. The second-order valence-corrected chi connectivity index (χ2v) is 9.80. The smallest absolute Gasteiger partial charge is 0.261 e. The Morgan fingerprint density at radius 1 is 1.14 bits per heavy atom. The molecule has 1 aliphatic rings. The van der Waals surface area contributed by atoms with Gasteiger partial charge in [-0.25, -0.2) is 8.42 Å². The zero-order valence-electron chi connectivity index (χ0n) is 16.8. The predicted octanol–water partition coefficient (Wildman–Crippen LogP) is 3.92. The first-order valence-electron chi connectivity index (χ1n) is 9.19. The van der Waals surface area contributed by atoms with Crippen LogP contribution < -0.4 is 14.4 Å². The number of amides is 1. The molecule has 1 amide bonds. The van der Waals surface area contributed by atoms with Crippen molar-refractivity contribution in [2.75, 3.05) is 16.2 Å². The summed E-state index contributed by atoms with van der Waals surface area (Å²) in [5.41, 5.74) is 2.06. The molecule has 2 aromatic carbocycles. The topological polar surface area (TPSA) is 75.7 Å². The van der Waals surface area contributed by atoms with Gasteiger partial charge in [0.1, 0.15) is 11.9 Å². The van der Waals surface area contributed by atoms with Gasteiger partial charge in [0.25, 0.3) is 10.0 Å². The van der Waals surface area contributed by atoms with Gasteiger partial charge in [0.2, 0.25) is 5.91 Å². The zero-order chi connectivity index (χ0) is 20.7. The summed E-state index contributed by atoms with van der Waals surface area (Å²) < 4.78 is 34.0. The van der Waals surface area contributed by atoms with Crippen molar-refractivity contribution in [2.24, 2.45) is 0 Å². The van der Waals surface area contributed by atoms with Crippen molar-refractivity contribution in [1.82, 2.24) is 0 Å². The van der Waals surface area contributed by atoms with Crippen molar-refractivity contribution < 1.29 is 17.9 Å². The van der Waals surface area contributed by atoms with Gasteiger partial charge < -0.3 is 9.64 Å². The predicted molar refractivity (Wildman–Crippen MR) is 111 cm³/mol. The maximum Gasteiger partial charge on any atom is 0.261 e. The molecule has 3 rings (SSSR count). The highest BCUT2D eigenvalue weighted by molar-refractivity contribution is 7.92. The van der Waals surface area contributed by atoms with E-state index < -0.39 is 10.0 Å². The molecule has 1 atom stereocenters. The molecule has 150 valence electrons. The molecule has 2 aromatic rings. The molecule has 28 heavy (non-hydrogen) atoms. The summed E-state index contributed by atoms with van der Waals surface area (Å²) in [6.45, 7) is 10.0. The quantitative estimate of drug-likeness (QED) is 0.844. The van der Waals surface area contributed by atoms with E-state index in [1.165, 1.54) is 19.1 Å². The number of sulfonamides is 1. The van der Waals surface area contributed by atoms with Crippen molar-refractivity contribution in [2.45, 2.75) is 51.0 Å². The van der Waals surface area contributed by atoms with E-state index in [0.29, 0.717) is 23.7 Å². The Morgan fingerprint density at radius 2 is 1.79 bits per heavy atom. The third-order valence-corrected chi connectivity index (χ3v) is 6.06. The van der Waals surface area contributed by atoms with Crippen LogP contribution in [0.5, 0.6) is 5.75 Å². The van der Waals surface area contributed by atoms with Gasteiger partial charge >= 0.3 is 0 Å². The molecule has 1 N–H and O–H groups in total. The monoisotopic (exact) mass is 402 g/mol. The van der Waals surface area contributed by atoms with Gasteiger partial charge in [-0.2, -0.15) is 0 Å². The van der Waals surface area contributed by atoms with E-state index in [1.807, 2.05) is 19.1 Å². The van der Waals surface area contributed by atoms with Crippen LogP contribution in [-0.2, 0) is 20.2 Å². The number of hydrogen-bond donors (Lipinski definition) is 1. The van der Waals surface area contributed by atoms with E-state index in [4.69, 9.17) is 4.74 Å². The fraction of sp³-hybridized carbons (Fsp3) is 0.381. The largest absolute Gasteiger partial charge is 0.487 e. The Hall–Kier alpha value is -2.54. The first kappa shape index (κ1) is 20.2. The van der Waals surface area contributed by atoms with Crippen LogP contribution in [0.2, 0.25) is 0 Å². The van der Waals surface area contributed by atoms with Gasteiger partial charge in [-0.1, -0.05) is 32.9 Å². The summed E-state index contributed by atoms with van der Waals surface area (Å²) in [7, 11) is -3.80. The lowest BCUT2D eigenvalue weighted by molar-refractivity contribution is -0.117. The third-order valence-electron chi connectivity index (χ3n) is 4.68. The Balaban J connectivity index is 1.90. The number of hydrogen-bond acceptors (Lipinski definition) is 4. The maximum absolute atomic E-state index is 12.9. The minimum absolute atomic E-state index is 0.0107. The van der Waals surface area contributed by atoms with Crippen LogP contribution in [0.4, 0.5) is 11.4 Å². The molecule has 0 saturated heterocycles. The van der Waals surface area contributed by atoms with Crippen molar-refractivity contribution in [1.29, 1.82) is 0 Å². The van der Waals surface area contributed by atoms with Crippen molar-refractivity contribution >= 4 is 27.3 Å². The second-order valence-electron chi connectivity index (χ2n) is 8.12. The molecule has 1 heterocycles. The van der Waals surface area contributed by atoms with Crippen LogP contribution >= 0.6 is 0 Å². The van der Waals surface area contributed by atoms with Gasteiger partial charge in [0.15, 0.2) is 0 Å². The molecule has 0 aromatic heterocycles. The molecular formula is C21H26N2O4S. The molecule has 0 aliphatic carbocycles. The van der Waals surface area contributed by atoms with Crippen LogP contribution in [0, 0.1) is 0 Å². The maximum atomic E-state index is 12.9. The molecular weight excluding hydrogens is 376 g/mol. The Bertz CT molecular complexity index is 992. The number of fused-ring (bicyclic) bond motifs is 1. The van der Waals surface area contributed by atoms with E-state index in [-0.39, 0.29) is 22.3 Å². The minimum atomic E-state index is -3.80. The van der Waals surface area contributed by atoms with Crippen LogP contribution in [0.1, 0.15) is 40.2 Å². The summed E-state index contributed by atoms with van der Waals surface area (Å²) in [6, 6.07) is 11.9. The lowest BCUT2D eigenvalue weighted by Gasteiger charge is -2.33. The van der Waals surface area contributed by atoms with Crippen molar-refractivity contribution in [3.63, 3.8) is 0 Å². The number of nitrogens with one attached hydrogen (secondary N) is 1. The van der Waals surface area contributed by atoms with E-state index >= 15 is 0 Å². The fourth-order valence-corrected chi connectivity index (χ4v) is 4.21. The number of ether oxygens (including phenoxy) is 1. The van der Waals surface area contributed by atoms with Crippen LogP contribution in [0.3, 0.4) is 0 Å². The van der Waals surface area contributed by atoms with Crippen LogP contribution in [0.15, 0.2) is 47.4 Å². The molecule has 1 aliphatic heterocycles. The van der Waals surface area contributed by atoms with Crippen LogP contribution in [-0.4, -0.2) is 27.0 Å². The lowest BCUT2D eigenvalue weighted by Crippen LogP contribution is -2.41. The van der Waals surface area contributed by atoms with Gasteiger partial charge in [0, 0.05) is 12.6 Å². The molecule has 7 heteroatoms. The first-order valence-corrected chi connectivity index (χ1v) is 10.7. The van der Waals surface area contributed by atoms with Crippen molar-refractivity contribution in [3.8, 4) is 5.75 Å². The number of nitrogens with zero attached hydrogens (tertiary/aromatic N) is 1. The van der Waals surface area contributed by atoms with Gasteiger partial charge in [-0.15, -0.1) is 0 Å². The number of carbonyl (C=O) groups is 1. The average molecular weight is 403 g/mol. The minimum Gasteiger partial charge on any atom is -0.487 e. The van der Waals surface area contributed by atoms with Gasteiger partial charge in [-0.3, -0.25) is 9.52 Å². The number of anilines is 2. The number of carbonyl (C=O) groups excluding carboxylic acids is 1. The Labute approximate surface area is 166 Å². The van der Waals surface area contributed by atoms with E-state index in [1.54, 1.807) is 23.1 Å². The van der Waals surface area contributed by atoms with Gasteiger partial charge in [-0.05, 0) is 48.2 Å². The van der Waals surface area contributed by atoms with E-state index in [0.717, 1.165) is 5.56 Å². The highest BCUT2D eigenvalue weighted by Gasteiger charge is 2.28. The molecule has 0 fully saturated rings.